The van der Waals surface area contributed by atoms with Crippen LogP contribution in [0.5, 0.6) is 5.75 Å². The molecule has 0 aliphatic heterocycles. The molecular formula is C16H24N2O3. The van der Waals surface area contributed by atoms with Crippen molar-refractivity contribution in [3.8, 4) is 5.75 Å². The van der Waals surface area contributed by atoms with Crippen LogP contribution in [0.1, 0.15) is 39.2 Å². The molecule has 0 fully saturated rings. The normalized spacial score (nSPS) is 11.9. The van der Waals surface area contributed by atoms with Crippen molar-refractivity contribution in [2.24, 2.45) is 0 Å². The number of carbonyl (C=O) groups excluding carboxylic acids is 2. The van der Waals surface area contributed by atoms with Gasteiger partial charge in [0.25, 0.3) is 5.91 Å². The topological polar surface area (TPSA) is 67.4 Å². The van der Waals surface area contributed by atoms with Gasteiger partial charge in [-0.15, -0.1) is 0 Å². The molecule has 5 heteroatoms. The number of hydrogen-bond acceptors (Lipinski definition) is 3. The van der Waals surface area contributed by atoms with Crippen molar-refractivity contribution in [2.75, 3.05) is 13.2 Å². The highest BCUT2D eigenvalue weighted by Gasteiger charge is 2.14. The summed E-state index contributed by atoms with van der Waals surface area (Å²) < 4.78 is 5.40. The minimum atomic E-state index is -0.565. The first-order valence-corrected chi connectivity index (χ1v) is 7.23. The van der Waals surface area contributed by atoms with Gasteiger partial charge in [0.05, 0.1) is 0 Å². The predicted molar refractivity (Wildman–Crippen MR) is 82.3 cm³/mol. The molecule has 0 radical (unpaired) electrons. The van der Waals surface area contributed by atoms with Crippen molar-refractivity contribution in [1.82, 2.24) is 10.6 Å². The van der Waals surface area contributed by atoms with Crippen molar-refractivity contribution in [1.29, 1.82) is 0 Å². The van der Waals surface area contributed by atoms with Crippen LogP contribution < -0.4 is 15.4 Å². The summed E-state index contributed by atoms with van der Waals surface area (Å²) in [6.07, 6.45) is 0. The Labute approximate surface area is 126 Å². The van der Waals surface area contributed by atoms with Crippen LogP contribution in [0.25, 0.3) is 0 Å². The fourth-order valence-corrected chi connectivity index (χ4v) is 1.77. The van der Waals surface area contributed by atoms with E-state index in [1.807, 2.05) is 31.2 Å². The lowest BCUT2D eigenvalue weighted by atomic mass is 10.0. The highest BCUT2D eigenvalue weighted by Crippen LogP contribution is 2.18. The number of carbonyl (C=O) groups is 2. The second-order valence-electron chi connectivity index (χ2n) is 5.20. The first-order valence-electron chi connectivity index (χ1n) is 7.23. The van der Waals surface area contributed by atoms with Crippen LogP contribution >= 0.6 is 0 Å². The van der Waals surface area contributed by atoms with Gasteiger partial charge in [0.1, 0.15) is 11.8 Å². The molecule has 0 unspecified atom stereocenters. The lowest BCUT2D eigenvalue weighted by molar-refractivity contribution is -0.129. The summed E-state index contributed by atoms with van der Waals surface area (Å²) in [5, 5.41) is 5.24. The fourth-order valence-electron chi connectivity index (χ4n) is 1.77. The smallest absolute Gasteiger partial charge is 0.258 e. The zero-order chi connectivity index (χ0) is 15.8. The summed E-state index contributed by atoms with van der Waals surface area (Å²) in [5.74, 6) is 0.578. The van der Waals surface area contributed by atoms with Crippen molar-refractivity contribution in [3.63, 3.8) is 0 Å². The zero-order valence-electron chi connectivity index (χ0n) is 13.1. The Morgan fingerprint density at radius 2 is 1.76 bits per heavy atom. The van der Waals surface area contributed by atoms with Gasteiger partial charge in [-0.25, -0.2) is 0 Å². The fraction of sp³-hybridized carbons (Fsp3) is 0.500. The first kappa shape index (κ1) is 17.0. The van der Waals surface area contributed by atoms with E-state index >= 15 is 0 Å². The minimum Gasteiger partial charge on any atom is -0.484 e. The van der Waals surface area contributed by atoms with Crippen LogP contribution in [0.2, 0.25) is 0 Å². The third-order valence-electron chi connectivity index (χ3n) is 3.04. The molecular weight excluding hydrogens is 268 g/mol. The number of amides is 2. The second-order valence-corrected chi connectivity index (χ2v) is 5.20. The van der Waals surface area contributed by atoms with Crippen molar-refractivity contribution >= 4 is 11.8 Å². The monoisotopic (exact) mass is 292 g/mol. The van der Waals surface area contributed by atoms with E-state index in [-0.39, 0.29) is 18.4 Å². The van der Waals surface area contributed by atoms with Crippen LogP contribution in [0.4, 0.5) is 0 Å². The molecule has 0 bridgehead atoms. The van der Waals surface area contributed by atoms with E-state index in [2.05, 4.69) is 24.5 Å². The van der Waals surface area contributed by atoms with Crippen molar-refractivity contribution in [3.05, 3.63) is 29.8 Å². The van der Waals surface area contributed by atoms with Crippen molar-refractivity contribution in [2.45, 2.75) is 39.7 Å². The Morgan fingerprint density at radius 1 is 1.14 bits per heavy atom. The third-order valence-corrected chi connectivity index (χ3v) is 3.04. The van der Waals surface area contributed by atoms with E-state index < -0.39 is 6.04 Å². The summed E-state index contributed by atoms with van der Waals surface area (Å²) in [5.41, 5.74) is 1.22. The Bertz CT molecular complexity index is 469. The van der Waals surface area contributed by atoms with E-state index in [1.165, 1.54) is 5.56 Å². The molecule has 21 heavy (non-hydrogen) atoms. The summed E-state index contributed by atoms with van der Waals surface area (Å²) >= 11 is 0. The molecule has 0 heterocycles. The maximum atomic E-state index is 11.7. The summed E-state index contributed by atoms with van der Waals surface area (Å²) in [6.45, 7) is 8.14. The van der Waals surface area contributed by atoms with Gasteiger partial charge in [0.2, 0.25) is 5.91 Å². The maximum absolute atomic E-state index is 11.7. The highest BCUT2D eigenvalue weighted by atomic mass is 16.5. The van der Waals surface area contributed by atoms with Crippen LogP contribution in [0, 0.1) is 0 Å². The van der Waals surface area contributed by atoms with E-state index in [0.29, 0.717) is 18.2 Å². The van der Waals surface area contributed by atoms with Gasteiger partial charge < -0.3 is 15.4 Å². The van der Waals surface area contributed by atoms with Gasteiger partial charge in [0, 0.05) is 6.54 Å². The molecule has 1 aromatic carbocycles. The summed E-state index contributed by atoms with van der Waals surface area (Å²) in [6, 6.07) is 7.08. The van der Waals surface area contributed by atoms with Crippen LogP contribution in [-0.4, -0.2) is 31.0 Å². The van der Waals surface area contributed by atoms with Crippen LogP contribution in [0.15, 0.2) is 24.3 Å². The number of rotatable bonds is 7. The van der Waals surface area contributed by atoms with Gasteiger partial charge in [-0.2, -0.15) is 0 Å². The quantitative estimate of drug-likeness (QED) is 0.805. The van der Waals surface area contributed by atoms with Gasteiger partial charge in [-0.3, -0.25) is 9.59 Å². The Kier molecular flexibility index (Phi) is 6.72. The Hall–Kier alpha value is -2.04. The molecule has 0 aliphatic carbocycles. The van der Waals surface area contributed by atoms with E-state index in [9.17, 15) is 9.59 Å². The van der Waals surface area contributed by atoms with Gasteiger partial charge in [0.15, 0.2) is 6.61 Å². The molecule has 2 amide bonds. The molecule has 0 saturated carbocycles. The minimum absolute atomic E-state index is 0.106. The average molecular weight is 292 g/mol. The Morgan fingerprint density at radius 3 is 2.29 bits per heavy atom. The average Bonchev–Trinajstić information content (AvgIpc) is 2.45. The molecule has 1 rings (SSSR count). The standard InChI is InChI=1S/C16H24N2O3/c1-5-17-16(20)12(4)18-15(19)10-21-14-8-6-13(7-9-14)11(2)3/h6-9,11-12H,5,10H2,1-4H3,(H,17,20)(H,18,19)/t12-/m0/s1. The van der Waals surface area contributed by atoms with Crippen LogP contribution in [-0.2, 0) is 9.59 Å². The Balaban J connectivity index is 2.40. The van der Waals surface area contributed by atoms with Gasteiger partial charge >= 0.3 is 0 Å². The van der Waals surface area contributed by atoms with Crippen LogP contribution in [0.3, 0.4) is 0 Å². The number of ether oxygens (including phenoxy) is 1. The largest absolute Gasteiger partial charge is 0.484 e. The van der Waals surface area contributed by atoms with E-state index in [0.717, 1.165) is 0 Å². The summed E-state index contributed by atoms with van der Waals surface area (Å²) in [4.78, 5) is 23.2. The molecule has 0 spiro atoms. The highest BCUT2D eigenvalue weighted by molar-refractivity contribution is 5.87. The SMILES string of the molecule is CCNC(=O)[C@H](C)NC(=O)COc1ccc(C(C)C)cc1. The molecule has 116 valence electrons. The number of likely N-dealkylation sites (N-methyl/N-ethyl adjacent to an activating group) is 1. The molecule has 0 aromatic heterocycles. The number of hydrogen-bond donors (Lipinski definition) is 2. The lowest BCUT2D eigenvalue weighted by Crippen LogP contribution is -2.46. The van der Waals surface area contributed by atoms with Gasteiger partial charge in [-0.1, -0.05) is 26.0 Å². The number of benzene rings is 1. The molecule has 0 saturated heterocycles. The molecule has 5 nitrogen and oxygen atoms in total. The molecule has 1 atom stereocenters. The van der Waals surface area contributed by atoms with Crippen molar-refractivity contribution < 1.29 is 14.3 Å². The third kappa shape index (κ3) is 5.85. The molecule has 2 N–H and O–H groups in total. The van der Waals surface area contributed by atoms with E-state index in [1.54, 1.807) is 6.92 Å². The number of nitrogens with one attached hydrogen (secondary N) is 2. The first-order chi connectivity index (χ1) is 9.93. The molecule has 1 aromatic rings. The van der Waals surface area contributed by atoms with Gasteiger partial charge in [-0.05, 0) is 37.5 Å². The molecule has 0 aliphatic rings. The lowest BCUT2D eigenvalue weighted by Gasteiger charge is -2.14. The predicted octanol–water partition coefficient (Wildman–Crippen LogP) is 1.83. The maximum Gasteiger partial charge on any atom is 0.258 e. The summed E-state index contributed by atoms with van der Waals surface area (Å²) in [7, 11) is 0. The zero-order valence-corrected chi connectivity index (χ0v) is 13.1. The van der Waals surface area contributed by atoms with E-state index in [4.69, 9.17) is 4.74 Å². The second kappa shape index (κ2) is 8.29.